The van der Waals surface area contributed by atoms with E-state index in [2.05, 4.69) is 37.6 Å². The van der Waals surface area contributed by atoms with Crippen molar-refractivity contribution in [2.45, 2.75) is 37.9 Å². The highest BCUT2D eigenvalue weighted by molar-refractivity contribution is 5.83. The van der Waals surface area contributed by atoms with Crippen LogP contribution in [0.5, 0.6) is 0 Å². The van der Waals surface area contributed by atoms with Gasteiger partial charge in [-0.3, -0.25) is 9.36 Å². The predicted molar refractivity (Wildman–Crippen MR) is 119 cm³/mol. The molecule has 1 fully saturated rings. The topological polar surface area (TPSA) is 160 Å². The fourth-order valence-electron chi connectivity index (χ4n) is 3.58. The number of nitrogens with two attached hydrogens (primary N) is 1. The molecule has 1 aromatic carbocycles. The first kappa shape index (κ1) is 23.4. The lowest BCUT2D eigenvalue weighted by Crippen LogP contribution is -2.42. The number of aliphatic hydroxyl groups excluding tert-OH is 2. The number of hydrogen-bond acceptors (Lipinski definition) is 9. The molecule has 1 saturated heterocycles. The number of imidazole rings is 1. The van der Waals surface area contributed by atoms with Gasteiger partial charge in [0.2, 0.25) is 5.82 Å². The van der Waals surface area contributed by atoms with Crippen LogP contribution in [0.25, 0.3) is 11.2 Å². The summed E-state index contributed by atoms with van der Waals surface area (Å²) in [4.78, 5) is 24.8. The fraction of sp³-hybridized carbons (Fsp3) is 0.364. The summed E-state index contributed by atoms with van der Waals surface area (Å²) in [5, 5.41) is 26.3. The Morgan fingerprint density at radius 3 is 2.76 bits per heavy atom. The van der Waals surface area contributed by atoms with Crippen LogP contribution in [-0.4, -0.2) is 67.0 Å². The van der Waals surface area contributed by atoms with Gasteiger partial charge in [0, 0.05) is 19.1 Å². The summed E-state index contributed by atoms with van der Waals surface area (Å²) in [7, 11) is 0. The minimum absolute atomic E-state index is 0.0765. The minimum Gasteiger partial charge on any atom is -0.387 e. The molecule has 1 aliphatic heterocycles. The van der Waals surface area contributed by atoms with Crippen molar-refractivity contribution in [2.24, 2.45) is 0 Å². The zero-order valence-corrected chi connectivity index (χ0v) is 18.3. The van der Waals surface area contributed by atoms with Crippen molar-refractivity contribution in [2.75, 3.05) is 18.8 Å². The van der Waals surface area contributed by atoms with Crippen molar-refractivity contribution < 1.29 is 24.1 Å². The van der Waals surface area contributed by atoms with E-state index in [-0.39, 0.29) is 28.6 Å². The Kier molecular flexibility index (Phi) is 6.87. The quantitative estimate of drug-likeness (QED) is 0.181. The molecule has 0 saturated carbocycles. The number of aromatic nitrogens is 4. The minimum atomic E-state index is -1.43. The van der Waals surface area contributed by atoms with E-state index in [1.165, 1.54) is 23.0 Å². The maximum Gasteiger partial charge on any atom is 0.252 e. The molecule has 11 nitrogen and oxygen atoms in total. The van der Waals surface area contributed by atoms with Crippen LogP contribution in [0.4, 0.5) is 10.2 Å². The molecule has 12 heteroatoms. The second-order valence-corrected chi connectivity index (χ2v) is 7.63. The molecule has 178 valence electrons. The third kappa shape index (κ3) is 4.76. The largest absolute Gasteiger partial charge is 0.387 e. The molecule has 34 heavy (non-hydrogen) atoms. The molecule has 6 N–H and O–H groups in total. The fourth-order valence-corrected chi connectivity index (χ4v) is 3.58. The van der Waals surface area contributed by atoms with E-state index in [0.717, 1.165) is 5.56 Å². The highest BCUT2D eigenvalue weighted by atomic mass is 19.1. The van der Waals surface area contributed by atoms with Gasteiger partial charge in [-0.05, 0) is 37.0 Å². The smallest absolute Gasteiger partial charge is 0.252 e. The number of amides is 1. The molecule has 0 aliphatic carbocycles. The first-order chi connectivity index (χ1) is 16.4. The highest BCUT2D eigenvalue weighted by Crippen LogP contribution is 2.32. The number of carbonyl (C=O) groups excluding carboxylic acids is 1. The Hall–Kier alpha value is -3.79. The molecule has 1 unspecified atom stereocenters. The van der Waals surface area contributed by atoms with Gasteiger partial charge in [-0.2, -0.15) is 0 Å². The Morgan fingerprint density at radius 1 is 1.26 bits per heavy atom. The van der Waals surface area contributed by atoms with Gasteiger partial charge in [0.05, 0.1) is 6.33 Å². The first-order valence-electron chi connectivity index (χ1n) is 10.7. The van der Waals surface area contributed by atoms with Crippen molar-refractivity contribution in [1.82, 2.24) is 30.2 Å². The second-order valence-electron chi connectivity index (χ2n) is 7.63. The van der Waals surface area contributed by atoms with Crippen molar-refractivity contribution in [1.29, 1.82) is 0 Å². The van der Waals surface area contributed by atoms with E-state index in [0.29, 0.717) is 19.5 Å². The number of hydrogen-bond donors (Lipinski definition) is 5. The molecule has 0 spiro atoms. The molecule has 2 aromatic heterocycles. The molecule has 4 rings (SSSR count). The standard InChI is InChI=1S/C22H24FN7O4/c1-2-26-21(33)18-16(31)17(32)22(34-18)30-11-27-15-19(24)28-14(29-20(15)30)8-10-25-9-7-12-3-5-13(23)6-4-12/h3-6,11,16-18,22,25,31-32H,2,7,9H2,1H3,(H,26,33)(H2,24,28,29)/t16-,17+,18-,22?/m0/s1. The van der Waals surface area contributed by atoms with Crippen LogP contribution in [-0.2, 0) is 16.0 Å². The lowest BCUT2D eigenvalue weighted by molar-refractivity contribution is -0.137. The van der Waals surface area contributed by atoms with Crippen LogP contribution in [0.2, 0.25) is 0 Å². The van der Waals surface area contributed by atoms with Gasteiger partial charge in [-0.25, -0.2) is 19.3 Å². The summed E-state index contributed by atoms with van der Waals surface area (Å²) in [6.45, 7) is 2.61. The number of nitrogens with zero attached hydrogens (tertiary/aromatic N) is 4. The summed E-state index contributed by atoms with van der Waals surface area (Å²) in [6, 6.07) is 8.96. The number of likely N-dealkylation sites (N-methyl/N-ethyl adjacent to an activating group) is 1. The van der Waals surface area contributed by atoms with Gasteiger partial charge >= 0.3 is 0 Å². The normalized spacial score (nSPS) is 21.8. The van der Waals surface area contributed by atoms with E-state index in [1.54, 1.807) is 19.1 Å². The Labute approximate surface area is 194 Å². The molecule has 3 aromatic rings. The summed E-state index contributed by atoms with van der Waals surface area (Å²) >= 11 is 0. The SMILES string of the molecule is CCNC(=O)[C@H]1OC(n2cnc3c(N)nc(C#CNCCc4ccc(F)cc4)nc32)[C@H](O)[C@@H]1O. The van der Waals surface area contributed by atoms with E-state index in [4.69, 9.17) is 10.5 Å². The number of halogens is 1. The molecular weight excluding hydrogens is 445 g/mol. The monoisotopic (exact) mass is 469 g/mol. The van der Waals surface area contributed by atoms with Gasteiger partial charge in [0.1, 0.15) is 23.5 Å². The maximum absolute atomic E-state index is 13.0. The zero-order valence-electron chi connectivity index (χ0n) is 18.3. The van der Waals surface area contributed by atoms with Crippen molar-refractivity contribution in [3.05, 3.63) is 47.8 Å². The average molecular weight is 469 g/mol. The van der Waals surface area contributed by atoms with E-state index < -0.39 is 30.4 Å². The molecular formula is C22H24FN7O4. The van der Waals surface area contributed by atoms with E-state index in [1.807, 2.05) is 0 Å². The molecule has 0 radical (unpaired) electrons. The van der Waals surface area contributed by atoms with Gasteiger partial charge in [0.25, 0.3) is 5.91 Å². The van der Waals surface area contributed by atoms with E-state index in [9.17, 15) is 19.4 Å². The third-order valence-electron chi connectivity index (χ3n) is 5.28. The van der Waals surface area contributed by atoms with Crippen LogP contribution in [0.1, 0.15) is 24.5 Å². The summed E-state index contributed by atoms with van der Waals surface area (Å²) < 4.78 is 20.0. The molecule has 1 aliphatic rings. The van der Waals surface area contributed by atoms with Gasteiger partial charge in [-0.15, -0.1) is 0 Å². The predicted octanol–water partition coefficient (Wildman–Crippen LogP) is -0.556. The number of carbonyl (C=O) groups is 1. The van der Waals surface area contributed by atoms with Gasteiger partial charge in [0.15, 0.2) is 23.8 Å². The van der Waals surface area contributed by atoms with Crippen molar-refractivity contribution in [3.63, 3.8) is 0 Å². The van der Waals surface area contributed by atoms with Crippen LogP contribution < -0.4 is 16.4 Å². The molecule has 0 bridgehead atoms. The molecule has 3 heterocycles. The zero-order chi connectivity index (χ0) is 24.2. The lowest BCUT2D eigenvalue weighted by Gasteiger charge is -2.16. The average Bonchev–Trinajstić information content (AvgIpc) is 3.36. The van der Waals surface area contributed by atoms with Crippen LogP contribution in [0, 0.1) is 17.8 Å². The number of anilines is 1. The molecule has 1 amide bonds. The maximum atomic E-state index is 13.0. The van der Waals surface area contributed by atoms with Crippen LogP contribution >= 0.6 is 0 Å². The first-order valence-corrected chi connectivity index (χ1v) is 10.7. The number of fused-ring (bicyclic) bond motifs is 1. The Morgan fingerprint density at radius 2 is 2.03 bits per heavy atom. The summed E-state index contributed by atoms with van der Waals surface area (Å²) in [5.41, 5.74) is 7.46. The number of ether oxygens (including phenoxy) is 1. The van der Waals surface area contributed by atoms with E-state index >= 15 is 0 Å². The van der Waals surface area contributed by atoms with Crippen molar-refractivity contribution in [3.8, 4) is 12.0 Å². The Bertz CT molecular complexity index is 1240. The second kappa shape index (κ2) is 10.0. The lowest BCUT2D eigenvalue weighted by atomic mass is 10.1. The van der Waals surface area contributed by atoms with Crippen molar-refractivity contribution >= 4 is 22.9 Å². The highest BCUT2D eigenvalue weighted by Gasteiger charge is 2.47. The summed E-state index contributed by atoms with van der Waals surface area (Å²) in [6.07, 6.45) is -3.20. The summed E-state index contributed by atoms with van der Waals surface area (Å²) in [5.74, 6) is 2.13. The Balaban J connectivity index is 1.50. The van der Waals surface area contributed by atoms with Gasteiger partial charge in [-0.1, -0.05) is 12.1 Å². The third-order valence-corrected chi connectivity index (χ3v) is 5.28. The molecule has 4 atom stereocenters. The number of nitrogens with one attached hydrogen (secondary N) is 2. The van der Waals surface area contributed by atoms with Crippen LogP contribution in [0.3, 0.4) is 0 Å². The number of rotatable bonds is 6. The van der Waals surface area contributed by atoms with Gasteiger partial charge < -0.3 is 31.3 Å². The van der Waals surface area contributed by atoms with Crippen LogP contribution in [0.15, 0.2) is 30.6 Å². The number of nitrogen functional groups attached to an aromatic ring is 1. The number of benzene rings is 1. The number of aliphatic hydroxyl groups is 2.